The van der Waals surface area contributed by atoms with Gasteiger partial charge in [0, 0.05) is 43.5 Å². The lowest BCUT2D eigenvalue weighted by Crippen LogP contribution is -2.52. The molecule has 0 bridgehead atoms. The number of imidazole rings is 1. The van der Waals surface area contributed by atoms with Gasteiger partial charge < -0.3 is 9.47 Å². The molecule has 1 unspecified atom stereocenters. The molecule has 1 saturated heterocycles. The Bertz CT molecular complexity index is 1340. The maximum Gasteiger partial charge on any atom is 0.255 e. The number of pyridine rings is 1. The molecule has 0 spiro atoms. The van der Waals surface area contributed by atoms with E-state index in [1.165, 1.54) is 4.90 Å². The zero-order chi connectivity index (χ0) is 22.4. The molecule has 1 atom stereocenters. The second kappa shape index (κ2) is 7.42. The van der Waals surface area contributed by atoms with Crippen LogP contribution in [0, 0.1) is 11.3 Å². The number of carbonyl (C=O) groups is 3. The molecule has 3 aromatic rings. The highest BCUT2D eigenvalue weighted by molar-refractivity contribution is 6.05. The summed E-state index contributed by atoms with van der Waals surface area (Å²) in [5, 5.41) is 11.5. The quantitative estimate of drug-likeness (QED) is 0.638. The molecule has 1 fully saturated rings. The molecule has 3 amide bonds. The van der Waals surface area contributed by atoms with E-state index in [2.05, 4.69) is 16.4 Å². The molecule has 1 N–H and O–H groups in total. The van der Waals surface area contributed by atoms with Crippen molar-refractivity contribution in [3.8, 4) is 28.8 Å². The van der Waals surface area contributed by atoms with Crippen LogP contribution < -0.4 is 5.32 Å². The standard InChI is InChI=1S/C23H18N6O3/c1-28-12-18(26-21(28)17-8-13(10-24)6-7-25-17)14-2-3-16-15(9-14)11-29(23(16)32)19-4-5-20(30)27-22(19)31/h2-3,6-9,12,19H,4-5,11H2,1H3,(H,27,30,31). The molecule has 32 heavy (non-hydrogen) atoms. The maximum atomic E-state index is 12.9. The summed E-state index contributed by atoms with van der Waals surface area (Å²) < 4.78 is 1.84. The monoisotopic (exact) mass is 426 g/mol. The van der Waals surface area contributed by atoms with Crippen molar-refractivity contribution in [3.05, 3.63) is 59.4 Å². The predicted molar refractivity (Wildman–Crippen MR) is 113 cm³/mol. The Morgan fingerprint density at radius 2 is 2.00 bits per heavy atom. The number of piperidine rings is 1. The summed E-state index contributed by atoms with van der Waals surface area (Å²) in [5.41, 5.74) is 4.01. The highest BCUT2D eigenvalue weighted by atomic mass is 16.2. The Hall–Kier alpha value is -4.32. The molecule has 9 nitrogen and oxygen atoms in total. The first-order chi connectivity index (χ1) is 15.4. The van der Waals surface area contributed by atoms with Crippen LogP contribution in [0.4, 0.5) is 0 Å². The van der Waals surface area contributed by atoms with Crippen LogP contribution in [-0.4, -0.2) is 43.2 Å². The molecule has 0 saturated carbocycles. The summed E-state index contributed by atoms with van der Waals surface area (Å²) in [6.45, 7) is 0.305. The van der Waals surface area contributed by atoms with E-state index in [4.69, 9.17) is 10.2 Å². The van der Waals surface area contributed by atoms with Crippen molar-refractivity contribution in [3.63, 3.8) is 0 Å². The number of hydrogen-bond acceptors (Lipinski definition) is 6. The molecular weight excluding hydrogens is 408 g/mol. The minimum Gasteiger partial charge on any atom is -0.332 e. The first kappa shape index (κ1) is 19.6. The molecular formula is C23H18N6O3. The van der Waals surface area contributed by atoms with Gasteiger partial charge in [-0.3, -0.25) is 24.7 Å². The van der Waals surface area contributed by atoms with Crippen LogP contribution in [0.25, 0.3) is 22.8 Å². The number of carbonyl (C=O) groups excluding carboxylic acids is 3. The van der Waals surface area contributed by atoms with Gasteiger partial charge in [0.15, 0.2) is 5.82 Å². The molecule has 2 aliphatic rings. The topological polar surface area (TPSA) is 121 Å². The van der Waals surface area contributed by atoms with Gasteiger partial charge in [-0.25, -0.2) is 4.98 Å². The third kappa shape index (κ3) is 3.22. The Balaban J connectivity index is 1.44. The number of nitrogens with one attached hydrogen (secondary N) is 1. The fourth-order valence-electron chi connectivity index (χ4n) is 4.20. The largest absolute Gasteiger partial charge is 0.332 e. The summed E-state index contributed by atoms with van der Waals surface area (Å²) in [6.07, 6.45) is 3.99. The van der Waals surface area contributed by atoms with E-state index in [1.54, 1.807) is 24.4 Å². The van der Waals surface area contributed by atoms with Gasteiger partial charge in [0.1, 0.15) is 11.7 Å². The van der Waals surface area contributed by atoms with Crippen LogP contribution in [-0.2, 0) is 23.2 Å². The minimum absolute atomic E-state index is 0.208. The van der Waals surface area contributed by atoms with Crippen LogP contribution >= 0.6 is 0 Å². The molecule has 5 rings (SSSR count). The fourth-order valence-corrected chi connectivity index (χ4v) is 4.20. The van der Waals surface area contributed by atoms with Crippen LogP contribution in [0.3, 0.4) is 0 Å². The lowest BCUT2D eigenvalue weighted by atomic mass is 10.0. The van der Waals surface area contributed by atoms with E-state index in [-0.39, 0.29) is 18.2 Å². The normalized spacial score (nSPS) is 17.8. The summed E-state index contributed by atoms with van der Waals surface area (Å²) in [6, 6.07) is 10.3. The van der Waals surface area contributed by atoms with Gasteiger partial charge in [0.05, 0.1) is 17.3 Å². The lowest BCUT2D eigenvalue weighted by molar-refractivity contribution is -0.136. The second-order valence-corrected chi connectivity index (χ2v) is 7.87. The maximum absolute atomic E-state index is 12.9. The van der Waals surface area contributed by atoms with Crippen molar-refractivity contribution >= 4 is 17.7 Å². The summed E-state index contributed by atoms with van der Waals surface area (Å²) >= 11 is 0. The average Bonchev–Trinajstić information content (AvgIpc) is 3.33. The van der Waals surface area contributed by atoms with Crippen LogP contribution in [0.1, 0.15) is 34.3 Å². The third-order valence-electron chi connectivity index (χ3n) is 5.81. The summed E-state index contributed by atoms with van der Waals surface area (Å²) in [5.74, 6) is -0.318. The SMILES string of the molecule is Cn1cc(-c2ccc3c(c2)CN(C2CCC(=O)NC2=O)C3=O)nc1-c1cc(C#N)ccn1. The molecule has 4 heterocycles. The second-order valence-electron chi connectivity index (χ2n) is 7.87. The Morgan fingerprint density at radius 1 is 1.16 bits per heavy atom. The minimum atomic E-state index is -0.643. The van der Waals surface area contributed by atoms with E-state index >= 15 is 0 Å². The third-order valence-corrected chi connectivity index (χ3v) is 5.81. The smallest absolute Gasteiger partial charge is 0.255 e. The van der Waals surface area contributed by atoms with Gasteiger partial charge in [0.25, 0.3) is 5.91 Å². The van der Waals surface area contributed by atoms with Gasteiger partial charge in [-0.2, -0.15) is 5.26 Å². The summed E-state index contributed by atoms with van der Waals surface area (Å²) in [4.78, 5) is 47.1. The van der Waals surface area contributed by atoms with Crippen molar-refractivity contribution in [1.82, 2.24) is 24.8 Å². The van der Waals surface area contributed by atoms with Crippen molar-refractivity contribution < 1.29 is 14.4 Å². The number of benzene rings is 1. The van der Waals surface area contributed by atoms with Gasteiger partial charge >= 0.3 is 0 Å². The highest BCUT2D eigenvalue weighted by Gasteiger charge is 2.39. The van der Waals surface area contributed by atoms with Crippen LogP contribution in [0.5, 0.6) is 0 Å². The van der Waals surface area contributed by atoms with Crippen LogP contribution in [0.2, 0.25) is 0 Å². The molecule has 9 heteroatoms. The van der Waals surface area contributed by atoms with E-state index in [0.717, 1.165) is 11.1 Å². The first-order valence-electron chi connectivity index (χ1n) is 10.1. The Labute approximate surface area is 183 Å². The van der Waals surface area contributed by atoms with Gasteiger partial charge in [-0.05, 0) is 36.2 Å². The fraction of sp³-hybridized carbons (Fsp3) is 0.217. The van der Waals surface area contributed by atoms with E-state index in [9.17, 15) is 14.4 Å². The number of nitriles is 1. The number of imide groups is 1. The zero-order valence-electron chi connectivity index (χ0n) is 17.2. The number of nitrogens with zero attached hydrogens (tertiary/aromatic N) is 5. The van der Waals surface area contributed by atoms with Crippen molar-refractivity contribution in [2.24, 2.45) is 7.05 Å². The van der Waals surface area contributed by atoms with Crippen molar-refractivity contribution in [1.29, 1.82) is 5.26 Å². The molecule has 0 radical (unpaired) electrons. The van der Waals surface area contributed by atoms with Gasteiger partial charge in [0.2, 0.25) is 11.8 Å². The molecule has 1 aromatic carbocycles. The zero-order valence-corrected chi connectivity index (χ0v) is 17.2. The molecule has 0 aliphatic carbocycles. The van der Waals surface area contributed by atoms with Crippen molar-refractivity contribution in [2.45, 2.75) is 25.4 Å². The first-order valence-corrected chi connectivity index (χ1v) is 10.1. The number of hydrogen-bond donors (Lipinski definition) is 1. The molecule has 2 aliphatic heterocycles. The number of rotatable bonds is 3. The van der Waals surface area contributed by atoms with E-state index in [0.29, 0.717) is 41.3 Å². The number of fused-ring (bicyclic) bond motifs is 1. The Morgan fingerprint density at radius 3 is 2.78 bits per heavy atom. The van der Waals surface area contributed by atoms with E-state index in [1.807, 2.05) is 29.9 Å². The van der Waals surface area contributed by atoms with Gasteiger partial charge in [-0.1, -0.05) is 6.07 Å². The highest BCUT2D eigenvalue weighted by Crippen LogP contribution is 2.31. The molecule has 158 valence electrons. The predicted octanol–water partition coefficient (Wildman–Crippen LogP) is 1.78. The van der Waals surface area contributed by atoms with Crippen molar-refractivity contribution in [2.75, 3.05) is 0 Å². The number of aryl methyl sites for hydroxylation is 1. The van der Waals surface area contributed by atoms with E-state index < -0.39 is 11.9 Å². The number of amides is 3. The molecule has 2 aromatic heterocycles. The van der Waals surface area contributed by atoms with Crippen LogP contribution in [0.15, 0.2) is 42.7 Å². The number of aromatic nitrogens is 3. The average molecular weight is 426 g/mol. The summed E-state index contributed by atoms with van der Waals surface area (Å²) in [7, 11) is 1.86. The Kier molecular flexibility index (Phi) is 4.56. The van der Waals surface area contributed by atoms with Gasteiger partial charge in [-0.15, -0.1) is 0 Å². The lowest BCUT2D eigenvalue weighted by Gasteiger charge is -2.29.